The van der Waals surface area contributed by atoms with Gasteiger partial charge < -0.3 is 14.7 Å². The van der Waals surface area contributed by atoms with E-state index in [2.05, 4.69) is 15.5 Å². The number of carbonyl (C=O) groups excluding carboxylic acids is 2. The SMILES string of the molecule is O=C(NCc1noc([C@@H]2CCC(=O)N2CC2CC2)n1)C1CC1. The Morgan fingerprint density at radius 3 is 2.82 bits per heavy atom. The fraction of sp³-hybridized carbons (Fsp3) is 0.733. The van der Waals surface area contributed by atoms with E-state index in [1.165, 1.54) is 12.8 Å². The second kappa shape index (κ2) is 5.37. The summed E-state index contributed by atoms with van der Waals surface area (Å²) in [6.07, 6.45) is 5.65. The van der Waals surface area contributed by atoms with Crippen LogP contribution in [0.1, 0.15) is 56.3 Å². The van der Waals surface area contributed by atoms with Crippen molar-refractivity contribution in [3.8, 4) is 0 Å². The van der Waals surface area contributed by atoms with Crippen molar-refractivity contribution in [1.29, 1.82) is 0 Å². The van der Waals surface area contributed by atoms with E-state index in [1.807, 2.05) is 4.90 Å². The van der Waals surface area contributed by atoms with E-state index in [-0.39, 0.29) is 23.8 Å². The molecule has 2 heterocycles. The summed E-state index contributed by atoms with van der Waals surface area (Å²) in [5, 5.41) is 6.75. The largest absolute Gasteiger partial charge is 0.348 e. The van der Waals surface area contributed by atoms with E-state index in [1.54, 1.807) is 0 Å². The second-order valence-corrected chi connectivity index (χ2v) is 6.58. The van der Waals surface area contributed by atoms with Crippen molar-refractivity contribution in [2.45, 2.75) is 51.1 Å². The number of hydrogen-bond acceptors (Lipinski definition) is 5. The molecule has 118 valence electrons. The van der Waals surface area contributed by atoms with Gasteiger partial charge in [-0.05, 0) is 38.0 Å². The number of nitrogens with zero attached hydrogens (tertiary/aromatic N) is 3. The van der Waals surface area contributed by atoms with Crippen molar-refractivity contribution in [3.05, 3.63) is 11.7 Å². The van der Waals surface area contributed by atoms with Gasteiger partial charge in [-0.25, -0.2) is 0 Å². The van der Waals surface area contributed by atoms with Crippen LogP contribution in [0.25, 0.3) is 0 Å². The first-order chi connectivity index (χ1) is 10.7. The van der Waals surface area contributed by atoms with Gasteiger partial charge in [0.25, 0.3) is 0 Å². The Kier molecular flexibility index (Phi) is 3.35. The molecular formula is C15H20N4O3. The van der Waals surface area contributed by atoms with Crippen LogP contribution in [0, 0.1) is 11.8 Å². The molecule has 1 atom stereocenters. The van der Waals surface area contributed by atoms with E-state index in [9.17, 15) is 9.59 Å². The Bertz CT molecular complexity index is 591. The van der Waals surface area contributed by atoms with Gasteiger partial charge in [-0.3, -0.25) is 9.59 Å². The molecule has 1 N–H and O–H groups in total. The highest BCUT2D eigenvalue weighted by molar-refractivity contribution is 5.80. The molecule has 1 saturated heterocycles. The number of hydrogen-bond donors (Lipinski definition) is 1. The lowest BCUT2D eigenvalue weighted by molar-refractivity contribution is -0.129. The molecule has 1 aliphatic heterocycles. The van der Waals surface area contributed by atoms with Gasteiger partial charge in [0.15, 0.2) is 5.82 Å². The minimum Gasteiger partial charge on any atom is -0.348 e. The molecule has 2 amide bonds. The zero-order valence-electron chi connectivity index (χ0n) is 12.5. The monoisotopic (exact) mass is 304 g/mol. The predicted octanol–water partition coefficient (Wildman–Crippen LogP) is 1.17. The van der Waals surface area contributed by atoms with Crippen molar-refractivity contribution in [2.75, 3.05) is 6.54 Å². The zero-order chi connectivity index (χ0) is 15.1. The molecule has 2 saturated carbocycles. The summed E-state index contributed by atoms with van der Waals surface area (Å²) in [6, 6.07) is -0.0894. The molecular weight excluding hydrogens is 284 g/mol. The molecule has 7 heteroatoms. The Labute approximate surface area is 128 Å². The lowest BCUT2D eigenvalue weighted by Gasteiger charge is -2.21. The van der Waals surface area contributed by atoms with E-state index >= 15 is 0 Å². The van der Waals surface area contributed by atoms with Crippen LogP contribution < -0.4 is 5.32 Å². The summed E-state index contributed by atoms with van der Waals surface area (Å²) < 4.78 is 5.33. The van der Waals surface area contributed by atoms with Crippen LogP contribution in [0.3, 0.4) is 0 Å². The maximum Gasteiger partial charge on any atom is 0.249 e. The third-order valence-electron chi connectivity index (χ3n) is 4.62. The average molecular weight is 304 g/mol. The first kappa shape index (κ1) is 13.7. The zero-order valence-corrected chi connectivity index (χ0v) is 12.5. The quantitative estimate of drug-likeness (QED) is 0.852. The Morgan fingerprint density at radius 2 is 2.09 bits per heavy atom. The lowest BCUT2D eigenvalue weighted by atomic mass is 10.2. The molecule has 22 heavy (non-hydrogen) atoms. The average Bonchev–Trinajstić information content (AvgIpc) is 3.42. The van der Waals surface area contributed by atoms with E-state index < -0.39 is 0 Å². The highest BCUT2D eigenvalue weighted by Gasteiger charge is 2.39. The van der Waals surface area contributed by atoms with E-state index in [0.29, 0.717) is 30.6 Å². The number of aromatic nitrogens is 2. The number of rotatable bonds is 6. The van der Waals surface area contributed by atoms with Crippen LogP contribution in [0.5, 0.6) is 0 Å². The first-order valence-corrected chi connectivity index (χ1v) is 8.10. The molecule has 0 aromatic carbocycles. The third-order valence-corrected chi connectivity index (χ3v) is 4.62. The van der Waals surface area contributed by atoms with E-state index in [0.717, 1.165) is 25.8 Å². The number of likely N-dealkylation sites (tertiary alicyclic amines) is 1. The van der Waals surface area contributed by atoms with Gasteiger partial charge in [0, 0.05) is 18.9 Å². The molecule has 0 spiro atoms. The van der Waals surface area contributed by atoms with Gasteiger partial charge in [-0.2, -0.15) is 4.98 Å². The number of carbonyl (C=O) groups is 2. The Hall–Kier alpha value is -1.92. The summed E-state index contributed by atoms with van der Waals surface area (Å²) in [7, 11) is 0. The molecule has 0 unspecified atom stereocenters. The van der Waals surface area contributed by atoms with Crippen molar-refractivity contribution in [2.24, 2.45) is 11.8 Å². The van der Waals surface area contributed by atoms with Crippen LogP contribution in [-0.4, -0.2) is 33.4 Å². The van der Waals surface area contributed by atoms with Crippen LogP contribution in [-0.2, 0) is 16.1 Å². The molecule has 0 radical (unpaired) electrons. The lowest BCUT2D eigenvalue weighted by Crippen LogP contribution is -2.30. The van der Waals surface area contributed by atoms with E-state index in [4.69, 9.17) is 4.52 Å². The molecule has 3 aliphatic rings. The Morgan fingerprint density at radius 1 is 1.27 bits per heavy atom. The summed E-state index contributed by atoms with van der Waals surface area (Å²) >= 11 is 0. The number of amides is 2. The number of nitrogens with one attached hydrogen (secondary N) is 1. The molecule has 2 aliphatic carbocycles. The van der Waals surface area contributed by atoms with Gasteiger partial charge in [0.1, 0.15) is 6.04 Å². The summed E-state index contributed by atoms with van der Waals surface area (Å²) in [4.78, 5) is 29.9. The van der Waals surface area contributed by atoms with Crippen molar-refractivity contribution in [3.63, 3.8) is 0 Å². The van der Waals surface area contributed by atoms with Crippen molar-refractivity contribution < 1.29 is 14.1 Å². The van der Waals surface area contributed by atoms with Crippen LogP contribution in [0.15, 0.2) is 4.52 Å². The van der Waals surface area contributed by atoms with Gasteiger partial charge >= 0.3 is 0 Å². The molecule has 1 aromatic heterocycles. The predicted molar refractivity (Wildman–Crippen MR) is 75.3 cm³/mol. The maximum absolute atomic E-state index is 12.0. The molecule has 7 nitrogen and oxygen atoms in total. The maximum atomic E-state index is 12.0. The van der Waals surface area contributed by atoms with Gasteiger partial charge in [-0.1, -0.05) is 5.16 Å². The van der Waals surface area contributed by atoms with Crippen molar-refractivity contribution in [1.82, 2.24) is 20.4 Å². The first-order valence-electron chi connectivity index (χ1n) is 8.10. The van der Waals surface area contributed by atoms with Crippen molar-refractivity contribution >= 4 is 11.8 Å². The summed E-state index contributed by atoms with van der Waals surface area (Å²) in [6.45, 7) is 1.10. The highest BCUT2D eigenvalue weighted by Crippen LogP contribution is 2.37. The summed E-state index contributed by atoms with van der Waals surface area (Å²) in [5.41, 5.74) is 0. The molecule has 1 aromatic rings. The molecule has 4 rings (SSSR count). The van der Waals surface area contributed by atoms with Crippen LogP contribution in [0.4, 0.5) is 0 Å². The topological polar surface area (TPSA) is 88.3 Å². The van der Waals surface area contributed by atoms with Gasteiger partial charge in [-0.15, -0.1) is 0 Å². The smallest absolute Gasteiger partial charge is 0.249 e. The normalized spacial score (nSPS) is 24.8. The fourth-order valence-electron chi connectivity index (χ4n) is 2.93. The minimum absolute atomic E-state index is 0.0674. The standard InChI is InChI=1S/C15H20N4O3/c20-13-6-5-11(19(13)8-9-1-2-9)15-17-12(18-22-15)7-16-14(21)10-3-4-10/h9-11H,1-8H2,(H,16,21)/t11-/m0/s1. The molecule has 3 fully saturated rings. The minimum atomic E-state index is -0.0894. The second-order valence-electron chi connectivity index (χ2n) is 6.58. The third kappa shape index (κ3) is 2.84. The highest BCUT2D eigenvalue weighted by atomic mass is 16.5. The van der Waals surface area contributed by atoms with Crippen LogP contribution >= 0.6 is 0 Å². The Balaban J connectivity index is 1.39. The van der Waals surface area contributed by atoms with Crippen LogP contribution in [0.2, 0.25) is 0 Å². The molecule has 0 bridgehead atoms. The fourth-order valence-corrected chi connectivity index (χ4v) is 2.93. The summed E-state index contributed by atoms with van der Waals surface area (Å²) in [5.74, 6) is 2.05. The van der Waals surface area contributed by atoms with Gasteiger partial charge in [0.2, 0.25) is 17.7 Å². The van der Waals surface area contributed by atoms with Gasteiger partial charge in [0.05, 0.1) is 6.54 Å².